The number of piperidine rings is 1. The van der Waals surface area contributed by atoms with Crippen molar-refractivity contribution in [2.75, 3.05) is 39.3 Å². The summed E-state index contributed by atoms with van der Waals surface area (Å²) in [5.41, 5.74) is 0.506. The molecule has 0 spiro atoms. The third-order valence-corrected chi connectivity index (χ3v) is 8.05. The molecule has 3 rings (SSSR count). The fourth-order valence-electron chi connectivity index (χ4n) is 4.10. The van der Waals surface area contributed by atoms with Crippen LogP contribution in [-0.4, -0.2) is 62.8 Å². The van der Waals surface area contributed by atoms with Crippen LogP contribution in [0.3, 0.4) is 0 Å². The lowest BCUT2D eigenvalue weighted by Gasteiger charge is -2.30. The van der Waals surface area contributed by atoms with Gasteiger partial charge in [-0.05, 0) is 81.9 Å². The van der Waals surface area contributed by atoms with E-state index in [0.717, 1.165) is 57.7 Å². The highest BCUT2D eigenvalue weighted by atomic mass is 32.2. The first-order chi connectivity index (χ1) is 14.0. The van der Waals surface area contributed by atoms with Crippen LogP contribution < -0.4 is 5.32 Å². The monoisotopic (exact) mass is 421 g/mol. The Hall–Kier alpha value is -1.44. The van der Waals surface area contributed by atoms with Gasteiger partial charge in [0.1, 0.15) is 0 Å². The van der Waals surface area contributed by atoms with Crippen LogP contribution in [-0.2, 0) is 10.0 Å². The molecule has 29 heavy (non-hydrogen) atoms. The highest BCUT2D eigenvalue weighted by molar-refractivity contribution is 7.89. The molecule has 0 atom stereocenters. The van der Waals surface area contributed by atoms with Gasteiger partial charge in [0.25, 0.3) is 5.91 Å². The Morgan fingerprint density at radius 1 is 1.00 bits per heavy atom. The third kappa shape index (κ3) is 6.27. The summed E-state index contributed by atoms with van der Waals surface area (Å²) in [7, 11) is -3.47. The number of rotatable bonds is 7. The number of hydrogen-bond acceptors (Lipinski definition) is 4. The zero-order valence-electron chi connectivity index (χ0n) is 17.6. The highest BCUT2D eigenvalue weighted by Crippen LogP contribution is 2.21. The quantitative estimate of drug-likeness (QED) is 0.687. The van der Waals surface area contributed by atoms with E-state index >= 15 is 0 Å². The van der Waals surface area contributed by atoms with E-state index in [4.69, 9.17) is 0 Å². The van der Waals surface area contributed by atoms with E-state index in [1.165, 1.54) is 12.8 Å². The van der Waals surface area contributed by atoms with Gasteiger partial charge in [-0.1, -0.05) is 19.8 Å². The first kappa shape index (κ1) is 22.2. The summed E-state index contributed by atoms with van der Waals surface area (Å²) in [4.78, 5) is 15.1. The molecule has 0 radical (unpaired) electrons. The summed E-state index contributed by atoms with van der Waals surface area (Å²) in [5.74, 6) is 0.688. The minimum absolute atomic E-state index is 0.143. The summed E-state index contributed by atoms with van der Waals surface area (Å²) in [5, 5.41) is 2.95. The van der Waals surface area contributed by atoms with Crippen molar-refractivity contribution in [3.63, 3.8) is 0 Å². The van der Waals surface area contributed by atoms with E-state index in [1.54, 1.807) is 28.6 Å². The van der Waals surface area contributed by atoms with Crippen LogP contribution in [0.5, 0.6) is 0 Å². The van der Waals surface area contributed by atoms with Crippen molar-refractivity contribution in [2.24, 2.45) is 5.92 Å². The van der Waals surface area contributed by atoms with E-state index < -0.39 is 10.0 Å². The fraction of sp³-hybridized carbons (Fsp3) is 0.682. The zero-order chi connectivity index (χ0) is 20.7. The van der Waals surface area contributed by atoms with Gasteiger partial charge in [0.05, 0.1) is 4.90 Å². The van der Waals surface area contributed by atoms with Crippen molar-refractivity contribution in [1.29, 1.82) is 0 Å². The normalized spacial score (nSPS) is 20.3. The van der Waals surface area contributed by atoms with Gasteiger partial charge in [-0.2, -0.15) is 4.31 Å². The summed E-state index contributed by atoms with van der Waals surface area (Å²) >= 11 is 0. The maximum Gasteiger partial charge on any atom is 0.251 e. The van der Waals surface area contributed by atoms with E-state index in [2.05, 4.69) is 17.1 Å². The van der Waals surface area contributed by atoms with E-state index in [9.17, 15) is 13.2 Å². The lowest BCUT2D eigenvalue weighted by molar-refractivity contribution is 0.0950. The molecule has 162 valence electrons. The van der Waals surface area contributed by atoms with Crippen molar-refractivity contribution >= 4 is 15.9 Å². The van der Waals surface area contributed by atoms with Gasteiger partial charge in [0.15, 0.2) is 0 Å². The van der Waals surface area contributed by atoms with Crippen LogP contribution in [0.15, 0.2) is 29.2 Å². The largest absolute Gasteiger partial charge is 0.352 e. The molecule has 2 heterocycles. The number of carbonyl (C=O) groups excluding carboxylic acids is 1. The standard InChI is InChI=1S/C22H35N3O3S/c1-19-11-17-24(18-12-19)14-6-13-23-22(26)20-7-9-21(10-8-20)29(27,28)25-15-4-2-3-5-16-25/h7-10,19H,2-6,11-18H2,1H3,(H,23,26). The van der Waals surface area contributed by atoms with E-state index in [1.807, 2.05) is 0 Å². The highest BCUT2D eigenvalue weighted by Gasteiger charge is 2.25. The lowest BCUT2D eigenvalue weighted by Crippen LogP contribution is -2.35. The maximum atomic E-state index is 12.8. The van der Waals surface area contributed by atoms with E-state index in [0.29, 0.717) is 25.2 Å². The predicted molar refractivity (Wildman–Crippen MR) is 115 cm³/mol. The predicted octanol–water partition coefficient (Wildman–Crippen LogP) is 3.10. The number of likely N-dealkylation sites (tertiary alicyclic amines) is 1. The van der Waals surface area contributed by atoms with Gasteiger partial charge in [-0.15, -0.1) is 0 Å². The second kappa shape index (κ2) is 10.5. The van der Waals surface area contributed by atoms with Crippen molar-refractivity contribution in [1.82, 2.24) is 14.5 Å². The second-order valence-corrected chi connectivity index (χ2v) is 10.4. The average Bonchev–Trinajstić information content (AvgIpc) is 3.03. The summed E-state index contributed by atoms with van der Waals surface area (Å²) in [6.07, 6.45) is 7.45. The molecule has 0 unspecified atom stereocenters. The Labute approximate surface area is 175 Å². The smallest absolute Gasteiger partial charge is 0.251 e. The molecule has 1 N–H and O–H groups in total. The SMILES string of the molecule is CC1CCN(CCCNC(=O)c2ccc(S(=O)(=O)N3CCCCCC3)cc2)CC1. The van der Waals surface area contributed by atoms with Gasteiger partial charge in [0.2, 0.25) is 10.0 Å². The van der Waals surface area contributed by atoms with Gasteiger partial charge in [0, 0.05) is 25.2 Å². The third-order valence-electron chi connectivity index (χ3n) is 6.13. The molecule has 2 aliphatic heterocycles. The van der Waals surface area contributed by atoms with Crippen LogP contribution in [0, 0.1) is 5.92 Å². The minimum Gasteiger partial charge on any atom is -0.352 e. The molecule has 1 aromatic rings. The van der Waals surface area contributed by atoms with Crippen molar-refractivity contribution in [3.8, 4) is 0 Å². The maximum absolute atomic E-state index is 12.8. The molecular formula is C22H35N3O3S. The molecule has 0 bridgehead atoms. The Bertz CT molecular complexity index is 748. The molecule has 1 aromatic carbocycles. The first-order valence-corrected chi connectivity index (χ1v) is 12.5. The molecule has 0 saturated carbocycles. The van der Waals surface area contributed by atoms with Crippen LogP contribution >= 0.6 is 0 Å². The number of nitrogens with one attached hydrogen (secondary N) is 1. The topological polar surface area (TPSA) is 69.7 Å². The average molecular weight is 422 g/mol. The van der Waals surface area contributed by atoms with Gasteiger partial charge < -0.3 is 10.2 Å². The van der Waals surface area contributed by atoms with Gasteiger partial charge in [-0.25, -0.2) is 8.42 Å². The second-order valence-electron chi connectivity index (χ2n) is 8.48. The van der Waals surface area contributed by atoms with Crippen molar-refractivity contribution in [2.45, 2.75) is 56.8 Å². The number of sulfonamides is 1. The Morgan fingerprint density at radius 2 is 1.62 bits per heavy atom. The van der Waals surface area contributed by atoms with Gasteiger partial charge >= 0.3 is 0 Å². The molecule has 2 aliphatic rings. The summed E-state index contributed by atoms with van der Waals surface area (Å²) < 4.78 is 27.2. The fourth-order valence-corrected chi connectivity index (χ4v) is 5.62. The number of amides is 1. The molecule has 6 nitrogen and oxygen atoms in total. The van der Waals surface area contributed by atoms with Crippen molar-refractivity contribution in [3.05, 3.63) is 29.8 Å². The molecule has 1 amide bonds. The van der Waals surface area contributed by atoms with Crippen LogP contribution in [0.25, 0.3) is 0 Å². The minimum atomic E-state index is -3.47. The number of benzene rings is 1. The molecular weight excluding hydrogens is 386 g/mol. The molecule has 7 heteroatoms. The summed E-state index contributed by atoms with van der Waals surface area (Å²) in [6, 6.07) is 6.35. The number of nitrogens with zero attached hydrogens (tertiary/aromatic N) is 2. The molecule has 0 aliphatic carbocycles. The van der Waals surface area contributed by atoms with Crippen LogP contribution in [0.1, 0.15) is 62.2 Å². The van der Waals surface area contributed by atoms with Crippen LogP contribution in [0.4, 0.5) is 0 Å². The van der Waals surface area contributed by atoms with E-state index in [-0.39, 0.29) is 10.8 Å². The summed E-state index contributed by atoms with van der Waals surface area (Å²) in [6.45, 7) is 7.44. The number of hydrogen-bond donors (Lipinski definition) is 1. The molecule has 2 saturated heterocycles. The molecule has 0 aromatic heterocycles. The van der Waals surface area contributed by atoms with Crippen molar-refractivity contribution < 1.29 is 13.2 Å². The Balaban J connectivity index is 1.47. The molecule has 2 fully saturated rings. The number of carbonyl (C=O) groups is 1. The first-order valence-electron chi connectivity index (χ1n) is 11.1. The Morgan fingerprint density at radius 3 is 2.24 bits per heavy atom. The zero-order valence-corrected chi connectivity index (χ0v) is 18.4. The lowest BCUT2D eigenvalue weighted by atomic mass is 9.99. The van der Waals surface area contributed by atoms with Gasteiger partial charge in [-0.3, -0.25) is 4.79 Å². The Kier molecular flexibility index (Phi) is 8.09. The van der Waals surface area contributed by atoms with Crippen LogP contribution in [0.2, 0.25) is 0 Å².